The first-order chi connectivity index (χ1) is 12.1. The molecule has 4 N–H and O–H groups in total. The summed E-state index contributed by atoms with van der Waals surface area (Å²) >= 11 is 0. The largest absolute Gasteiger partial charge is 0.494 e. The third-order valence-corrected chi connectivity index (χ3v) is 2.75. The summed E-state index contributed by atoms with van der Waals surface area (Å²) < 4.78 is 35.4. The van der Waals surface area contributed by atoms with Crippen molar-refractivity contribution in [3.05, 3.63) is 59.2 Å². The number of benzene rings is 2. The first kappa shape index (κ1) is 25.5. The molecule has 0 aromatic heterocycles. The minimum atomic E-state index is -0.606. The third kappa shape index (κ3) is 7.43. The molecule has 2 rings (SSSR count). The number of nitrogens with zero attached hydrogens (tertiary/aromatic N) is 1. The van der Waals surface area contributed by atoms with E-state index in [0.717, 1.165) is 6.21 Å². The molecular formula is C16H19ClF2N2O5. The van der Waals surface area contributed by atoms with E-state index in [0.29, 0.717) is 6.29 Å². The van der Waals surface area contributed by atoms with Gasteiger partial charge in [0.05, 0.1) is 26.0 Å². The summed E-state index contributed by atoms with van der Waals surface area (Å²) in [5.74, 6) is 2.59. The topological polar surface area (TPSA) is 114 Å². The quantitative estimate of drug-likeness (QED) is 0.319. The molecule has 0 atom stereocenters. The second kappa shape index (κ2) is 14.6. The number of oxime groups is 1. The Morgan fingerprint density at radius 3 is 1.77 bits per heavy atom. The van der Waals surface area contributed by atoms with Gasteiger partial charge in [0.25, 0.3) is 0 Å². The summed E-state index contributed by atoms with van der Waals surface area (Å²) in [5.41, 5.74) is 0.209. The van der Waals surface area contributed by atoms with Gasteiger partial charge in [-0.2, -0.15) is 0 Å². The molecule has 0 radical (unpaired) electrons. The molecule has 0 amide bonds. The predicted molar refractivity (Wildman–Crippen MR) is 93.9 cm³/mol. The Kier molecular flexibility index (Phi) is 14.3. The van der Waals surface area contributed by atoms with Gasteiger partial charge >= 0.3 is 0 Å². The number of carbonyl (C=O) groups is 1. The van der Waals surface area contributed by atoms with Gasteiger partial charge in [-0.1, -0.05) is 23.4 Å². The summed E-state index contributed by atoms with van der Waals surface area (Å²) in [5, 5.41) is 17.4. The second-order valence-electron chi connectivity index (χ2n) is 4.09. The fourth-order valence-electron chi connectivity index (χ4n) is 1.62. The van der Waals surface area contributed by atoms with Crippen LogP contribution in [0.5, 0.6) is 11.5 Å². The Balaban J connectivity index is 0. The van der Waals surface area contributed by atoms with Gasteiger partial charge in [-0.3, -0.25) is 4.79 Å². The van der Waals surface area contributed by atoms with Gasteiger partial charge in [0, 0.05) is 5.56 Å². The van der Waals surface area contributed by atoms with Crippen LogP contribution in [0.2, 0.25) is 0 Å². The number of rotatable bonds is 4. The number of nitrogens with two attached hydrogens (primary N) is 1. The Labute approximate surface area is 155 Å². The maximum atomic E-state index is 13.1. The van der Waals surface area contributed by atoms with E-state index in [1.165, 1.54) is 38.5 Å². The van der Waals surface area contributed by atoms with Crippen LogP contribution in [0, 0.1) is 11.6 Å². The predicted octanol–water partition coefficient (Wildman–Crippen LogP) is 3.05. The Bertz CT molecular complexity index is 702. The van der Waals surface area contributed by atoms with E-state index < -0.39 is 11.6 Å². The standard InChI is InChI=1S/C8H8FNO2.C8H7FO2.ClH.H3NO/c1-12-7-4-2-3-6(5-10-11)8(7)9;1-11-7-4-2-3-6(5-10)8(7)9;;1-2/h2-5,11H,1H3;2-5H,1H3;1H;2H,1H2. The summed E-state index contributed by atoms with van der Waals surface area (Å²) in [6.07, 6.45) is 1.47. The van der Waals surface area contributed by atoms with Crippen LogP contribution in [-0.2, 0) is 0 Å². The fourth-order valence-corrected chi connectivity index (χ4v) is 1.62. The minimum absolute atomic E-state index is 0. The third-order valence-electron chi connectivity index (χ3n) is 2.75. The van der Waals surface area contributed by atoms with Crippen molar-refractivity contribution in [1.82, 2.24) is 0 Å². The number of ether oxygens (including phenoxy) is 2. The van der Waals surface area contributed by atoms with Gasteiger partial charge in [0.2, 0.25) is 0 Å². The Hall–Kier alpha value is -2.75. The number of hydrogen-bond acceptors (Lipinski definition) is 7. The van der Waals surface area contributed by atoms with Crippen molar-refractivity contribution in [1.29, 1.82) is 0 Å². The van der Waals surface area contributed by atoms with Gasteiger partial charge in [-0.15, -0.1) is 12.4 Å². The van der Waals surface area contributed by atoms with Crippen LogP contribution in [0.1, 0.15) is 15.9 Å². The van der Waals surface area contributed by atoms with Gasteiger partial charge in [-0.25, -0.2) is 14.7 Å². The lowest BCUT2D eigenvalue weighted by Gasteiger charge is -2.02. The number of halogens is 3. The van der Waals surface area contributed by atoms with Crippen molar-refractivity contribution in [3.8, 4) is 11.5 Å². The Morgan fingerprint density at radius 1 is 0.962 bits per heavy atom. The zero-order chi connectivity index (χ0) is 19.2. The fraction of sp³-hybridized carbons (Fsp3) is 0.125. The highest BCUT2D eigenvalue weighted by Crippen LogP contribution is 2.18. The molecule has 144 valence electrons. The van der Waals surface area contributed by atoms with Crippen molar-refractivity contribution in [2.45, 2.75) is 0 Å². The first-order valence-corrected chi connectivity index (χ1v) is 6.62. The van der Waals surface area contributed by atoms with E-state index >= 15 is 0 Å². The molecule has 0 saturated heterocycles. The molecule has 2 aromatic rings. The average Bonchev–Trinajstić information content (AvgIpc) is 2.66. The molecule has 0 fully saturated rings. The SMILES string of the molecule is COc1cccc(C=NO)c1F.COc1cccc(C=O)c1F.Cl.NO. The zero-order valence-electron chi connectivity index (χ0n) is 13.9. The Morgan fingerprint density at radius 2 is 1.38 bits per heavy atom. The molecule has 2 aromatic carbocycles. The van der Waals surface area contributed by atoms with Crippen LogP contribution >= 0.6 is 12.4 Å². The molecule has 0 spiro atoms. The van der Waals surface area contributed by atoms with Crippen molar-refractivity contribution in [2.24, 2.45) is 11.1 Å². The van der Waals surface area contributed by atoms with E-state index in [9.17, 15) is 13.6 Å². The summed E-state index contributed by atoms with van der Waals surface area (Å²) in [6.45, 7) is 0. The molecule has 26 heavy (non-hydrogen) atoms. The maximum Gasteiger partial charge on any atom is 0.175 e. The smallest absolute Gasteiger partial charge is 0.175 e. The van der Waals surface area contributed by atoms with E-state index in [4.69, 9.17) is 15.2 Å². The highest BCUT2D eigenvalue weighted by molar-refractivity contribution is 5.85. The van der Waals surface area contributed by atoms with E-state index in [1.807, 2.05) is 0 Å². The second-order valence-corrected chi connectivity index (χ2v) is 4.09. The van der Waals surface area contributed by atoms with Crippen LogP contribution < -0.4 is 15.4 Å². The molecule has 0 heterocycles. The normalized spacial score (nSPS) is 9.00. The summed E-state index contributed by atoms with van der Waals surface area (Å²) in [6, 6.07) is 9.00. The van der Waals surface area contributed by atoms with Crippen LogP contribution in [0.4, 0.5) is 8.78 Å². The molecular weight excluding hydrogens is 374 g/mol. The van der Waals surface area contributed by atoms with Gasteiger partial charge in [0.1, 0.15) is 0 Å². The number of aldehydes is 1. The highest BCUT2D eigenvalue weighted by atomic mass is 35.5. The minimum Gasteiger partial charge on any atom is -0.494 e. The molecule has 10 heteroatoms. The van der Waals surface area contributed by atoms with Crippen molar-refractivity contribution >= 4 is 24.9 Å². The molecule has 7 nitrogen and oxygen atoms in total. The molecule has 0 aliphatic rings. The lowest BCUT2D eigenvalue weighted by atomic mass is 10.2. The monoisotopic (exact) mass is 392 g/mol. The molecule has 0 bridgehead atoms. The zero-order valence-corrected chi connectivity index (χ0v) is 14.7. The van der Waals surface area contributed by atoms with Crippen LogP contribution in [0.25, 0.3) is 0 Å². The van der Waals surface area contributed by atoms with Crippen molar-refractivity contribution in [2.75, 3.05) is 14.2 Å². The number of methoxy groups -OCH3 is 2. The summed E-state index contributed by atoms with van der Waals surface area (Å²) in [7, 11) is 2.73. The van der Waals surface area contributed by atoms with Gasteiger partial charge in [0.15, 0.2) is 29.4 Å². The first-order valence-electron chi connectivity index (χ1n) is 6.62. The van der Waals surface area contributed by atoms with Crippen molar-refractivity contribution in [3.63, 3.8) is 0 Å². The van der Waals surface area contributed by atoms with Crippen LogP contribution in [0.3, 0.4) is 0 Å². The lowest BCUT2D eigenvalue weighted by molar-refractivity contribution is 0.111. The van der Waals surface area contributed by atoms with E-state index in [1.54, 1.807) is 12.1 Å². The van der Waals surface area contributed by atoms with Crippen LogP contribution in [0.15, 0.2) is 41.6 Å². The van der Waals surface area contributed by atoms with E-state index in [2.05, 4.69) is 15.8 Å². The number of hydrogen-bond donors (Lipinski definition) is 3. The van der Waals surface area contributed by atoms with Crippen molar-refractivity contribution < 1.29 is 33.5 Å². The lowest BCUT2D eigenvalue weighted by Crippen LogP contribution is -1.93. The molecule has 0 aliphatic carbocycles. The highest BCUT2D eigenvalue weighted by Gasteiger charge is 2.06. The van der Waals surface area contributed by atoms with Crippen LogP contribution in [-0.4, -0.2) is 37.1 Å². The molecule has 0 unspecified atom stereocenters. The molecule has 0 aliphatic heterocycles. The van der Waals surface area contributed by atoms with Gasteiger partial charge in [-0.05, 0) is 18.2 Å². The summed E-state index contributed by atoms with van der Waals surface area (Å²) in [4.78, 5) is 10.2. The average molecular weight is 393 g/mol. The maximum absolute atomic E-state index is 13.1. The number of carbonyl (C=O) groups excluding carboxylic acids is 1. The molecule has 0 saturated carbocycles. The van der Waals surface area contributed by atoms with Gasteiger partial charge < -0.3 is 19.9 Å². The van der Waals surface area contributed by atoms with E-state index in [-0.39, 0.29) is 35.0 Å².